The highest BCUT2D eigenvalue weighted by atomic mass is 79.9. The Kier molecular flexibility index (Phi) is 10.6. The molecular formula is C17H28BrFN4O. The monoisotopic (exact) mass is 402 g/mol. The van der Waals surface area contributed by atoms with Gasteiger partial charge in [0.05, 0.1) is 11.0 Å². The van der Waals surface area contributed by atoms with Gasteiger partial charge in [0.25, 0.3) is 0 Å². The first-order valence-electron chi connectivity index (χ1n) is 8.20. The third-order valence-corrected chi connectivity index (χ3v) is 4.07. The van der Waals surface area contributed by atoms with Gasteiger partial charge in [-0.25, -0.2) is 9.38 Å². The van der Waals surface area contributed by atoms with Crippen molar-refractivity contribution in [3.8, 4) is 0 Å². The van der Waals surface area contributed by atoms with Crippen molar-refractivity contribution < 1.29 is 9.13 Å². The van der Waals surface area contributed by atoms with Crippen molar-refractivity contribution in [2.45, 2.75) is 19.9 Å². The molecule has 2 N–H and O–H groups in total. The van der Waals surface area contributed by atoms with Crippen LogP contribution in [0.25, 0.3) is 0 Å². The van der Waals surface area contributed by atoms with Crippen molar-refractivity contribution in [2.75, 3.05) is 46.9 Å². The average molecular weight is 403 g/mol. The number of hydrogen-bond acceptors (Lipinski definition) is 3. The van der Waals surface area contributed by atoms with E-state index in [1.165, 1.54) is 6.07 Å². The number of benzene rings is 1. The molecule has 0 heterocycles. The van der Waals surface area contributed by atoms with Crippen LogP contribution in [0.1, 0.15) is 18.9 Å². The summed E-state index contributed by atoms with van der Waals surface area (Å²) in [6, 6.07) is 5.07. The Morgan fingerprint density at radius 1 is 1.33 bits per heavy atom. The van der Waals surface area contributed by atoms with Crippen molar-refractivity contribution in [1.29, 1.82) is 0 Å². The Bertz CT molecular complexity index is 513. The van der Waals surface area contributed by atoms with Crippen LogP contribution in [0.3, 0.4) is 0 Å². The number of nitrogens with one attached hydrogen (secondary N) is 2. The normalized spacial score (nSPS) is 11.8. The number of hydrogen-bond donors (Lipinski definition) is 2. The van der Waals surface area contributed by atoms with Gasteiger partial charge in [0.1, 0.15) is 5.82 Å². The highest BCUT2D eigenvalue weighted by molar-refractivity contribution is 9.10. The summed E-state index contributed by atoms with van der Waals surface area (Å²) in [4.78, 5) is 6.75. The van der Waals surface area contributed by atoms with Crippen LogP contribution in [-0.2, 0) is 11.3 Å². The summed E-state index contributed by atoms with van der Waals surface area (Å²) in [5, 5.41) is 6.50. The Hall–Kier alpha value is -1.18. The van der Waals surface area contributed by atoms with Gasteiger partial charge in [-0.3, -0.25) is 0 Å². The first-order valence-corrected chi connectivity index (χ1v) is 8.99. The molecule has 0 aliphatic heterocycles. The average Bonchev–Trinajstić information content (AvgIpc) is 2.56. The minimum absolute atomic E-state index is 0.265. The molecule has 0 aliphatic rings. The highest BCUT2D eigenvalue weighted by Crippen LogP contribution is 2.16. The topological polar surface area (TPSA) is 48.9 Å². The van der Waals surface area contributed by atoms with Gasteiger partial charge < -0.3 is 20.3 Å². The van der Waals surface area contributed by atoms with E-state index in [1.807, 2.05) is 13.0 Å². The van der Waals surface area contributed by atoms with Crippen LogP contribution >= 0.6 is 15.9 Å². The van der Waals surface area contributed by atoms with Crippen LogP contribution in [0.4, 0.5) is 4.39 Å². The van der Waals surface area contributed by atoms with Gasteiger partial charge in [-0.1, -0.05) is 6.07 Å². The zero-order valence-corrected chi connectivity index (χ0v) is 16.3. The van der Waals surface area contributed by atoms with Crippen molar-refractivity contribution in [2.24, 2.45) is 4.99 Å². The predicted molar refractivity (Wildman–Crippen MR) is 101 cm³/mol. The van der Waals surface area contributed by atoms with E-state index in [0.717, 1.165) is 50.7 Å². The smallest absolute Gasteiger partial charge is 0.191 e. The molecular weight excluding hydrogens is 375 g/mol. The quantitative estimate of drug-likeness (QED) is 0.358. The zero-order valence-electron chi connectivity index (χ0n) is 14.7. The molecule has 5 nitrogen and oxygen atoms in total. The van der Waals surface area contributed by atoms with Crippen molar-refractivity contribution >= 4 is 21.9 Å². The minimum atomic E-state index is -0.265. The molecule has 0 unspecified atom stereocenters. The standard InChI is InChI=1S/C17H28BrFN4O/c1-4-20-17(21-8-10-23(2)9-5-11-24-3)22-13-14-6-7-15(18)16(19)12-14/h6-7,12H,4-5,8-11,13H2,1-3H3,(H2,20,21,22). The summed E-state index contributed by atoms with van der Waals surface area (Å²) < 4.78 is 19.1. The van der Waals surface area contributed by atoms with Gasteiger partial charge in [0.15, 0.2) is 5.96 Å². The van der Waals surface area contributed by atoms with Crippen LogP contribution in [0, 0.1) is 5.82 Å². The van der Waals surface area contributed by atoms with E-state index >= 15 is 0 Å². The molecule has 7 heteroatoms. The fourth-order valence-corrected chi connectivity index (χ4v) is 2.35. The van der Waals surface area contributed by atoms with E-state index in [2.05, 4.69) is 43.5 Å². The maximum absolute atomic E-state index is 13.5. The number of guanidine groups is 1. The number of methoxy groups -OCH3 is 1. The summed E-state index contributed by atoms with van der Waals surface area (Å²) in [6.45, 7) is 6.73. The number of nitrogens with zero attached hydrogens (tertiary/aromatic N) is 2. The Morgan fingerprint density at radius 3 is 2.79 bits per heavy atom. The highest BCUT2D eigenvalue weighted by Gasteiger charge is 2.03. The number of aliphatic imine (C=N–C) groups is 1. The third kappa shape index (κ3) is 8.61. The van der Waals surface area contributed by atoms with Crippen LogP contribution in [-0.4, -0.2) is 57.8 Å². The van der Waals surface area contributed by atoms with E-state index in [0.29, 0.717) is 11.0 Å². The van der Waals surface area contributed by atoms with Crippen LogP contribution < -0.4 is 10.6 Å². The summed E-state index contributed by atoms with van der Waals surface area (Å²) in [5.74, 6) is 0.476. The van der Waals surface area contributed by atoms with Gasteiger partial charge in [-0.05, 0) is 54.0 Å². The molecule has 0 fully saturated rings. The van der Waals surface area contributed by atoms with Crippen LogP contribution in [0.2, 0.25) is 0 Å². The number of halogens is 2. The first-order chi connectivity index (χ1) is 11.6. The van der Waals surface area contributed by atoms with Gasteiger partial charge in [0.2, 0.25) is 0 Å². The molecule has 0 radical (unpaired) electrons. The number of rotatable bonds is 10. The van der Waals surface area contributed by atoms with E-state index in [4.69, 9.17) is 4.74 Å². The summed E-state index contributed by atoms with van der Waals surface area (Å²) in [7, 11) is 3.81. The molecule has 24 heavy (non-hydrogen) atoms. The molecule has 0 bridgehead atoms. The van der Waals surface area contributed by atoms with Gasteiger partial charge >= 0.3 is 0 Å². The van der Waals surface area contributed by atoms with Gasteiger partial charge in [0, 0.05) is 39.9 Å². The second-order valence-electron chi connectivity index (χ2n) is 5.52. The molecule has 0 saturated heterocycles. The maximum Gasteiger partial charge on any atom is 0.191 e. The fraction of sp³-hybridized carbons (Fsp3) is 0.588. The molecule has 0 aromatic heterocycles. The molecule has 0 amide bonds. The van der Waals surface area contributed by atoms with E-state index in [-0.39, 0.29) is 5.82 Å². The Labute approximate surface area is 152 Å². The summed E-state index contributed by atoms with van der Waals surface area (Å²) in [5.41, 5.74) is 0.838. The van der Waals surface area contributed by atoms with E-state index < -0.39 is 0 Å². The third-order valence-electron chi connectivity index (χ3n) is 3.42. The van der Waals surface area contributed by atoms with Crippen molar-refractivity contribution in [1.82, 2.24) is 15.5 Å². The van der Waals surface area contributed by atoms with Crippen LogP contribution in [0.5, 0.6) is 0 Å². The van der Waals surface area contributed by atoms with Gasteiger partial charge in [-0.2, -0.15) is 0 Å². The summed E-state index contributed by atoms with van der Waals surface area (Å²) in [6.07, 6.45) is 1.02. The predicted octanol–water partition coefficient (Wildman–Crippen LogP) is 2.61. The molecule has 1 aromatic rings. The molecule has 0 aliphatic carbocycles. The molecule has 0 atom stereocenters. The van der Waals surface area contributed by atoms with Crippen LogP contribution in [0.15, 0.2) is 27.7 Å². The largest absolute Gasteiger partial charge is 0.385 e. The number of likely N-dealkylation sites (N-methyl/N-ethyl adjacent to an activating group) is 1. The molecule has 0 spiro atoms. The lowest BCUT2D eigenvalue weighted by atomic mass is 10.2. The summed E-state index contributed by atoms with van der Waals surface area (Å²) >= 11 is 3.16. The fourth-order valence-electron chi connectivity index (χ4n) is 2.11. The van der Waals surface area contributed by atoms with Gasteiger partial charge in [-0.15, -0.1) is 0 Å². The van der Waals surface area contributed by atoms with Crippen molar-refractivity contribution in [3.63, 3.8) is 0 Å². The molecule has 136 valence electrons. The lowest BCUT2D eigenvalue weighted by molar-refractivity contribution is 0.180. The second-order valence-corrected chi connectivity index (χ2v) is 6.37. The van der Waals surface area contributed by atoms with Crippen molar-refractivity contribution in [3.05, 3.63) is 34.1 Å². The maximum atomic E-state index is 13.5. The lowest BCUT2D eigenvalue weighted by Gasteiger charge is -2.18. The Morgan fingerprint density at radius 2 is 2.12 bits per heavy atom. The second kappa shape index (κ2) is 12.2. The molecule has 1 rings (SSSR count). The molecule has 1 aromatic carbocycles. The van der Waals surface area contributed by atoms with E-state index in [1.54, 1.807) is 13.2 Å². The SMILES string of the molecule is CCNC(=NCc1ccc(Br)c(F)c1)NCCN(C)CCCOC. The number of ether oxygens (including phenoxy) is 1. The first kappa shape index (κ1) is 20.9. The van der Waals surface area contributed by atoms with E-state index in [9.17, 15) is 4.39 Å². The zero-order chi connectivity index (χ0) is 17.8. The Balaban J connectivity index is 2.43. The lowest BCUT2D eigenvalue weighted by Crippen LogP contribution is -2.41. The molecule has 0 saturated carbocycles. The minimum Gasteiger partial charge on any atom is -0.385 e.